The fourth-order valence-corrected chi connectivity index (χ4v) is 18.8. The molecule has 5 aliphatic heterocycles. The first-order chi connectivity index (χ1) is 57.3. The Balaban J connectivity index is 0.000000220. The lowest BCUT2D eigenvalue weighted by Crippen LogP contribution is -2.74. The smallest absolute Gasteiger partial charge is 0.310 e. The van der Waals surface area contributed by atoms with Crippen molar-refractivity contribution in [1.29, 1.82) is 10.5 Å². The molecule has 28 nitrogen and oxygen atoms in total. The lowest BCUT2D eigenvalue weighted by atomic mass is 9.49. The molecule has 8 amide bonds. The molecule has 2 atom stereocenters. The van der Waals surface area contributed by atoms with E-state index in [2.05, 4.69) is 118 Å². The maximum atomic E-state index is 13.4. The molecule has 7 heterocycles. The molecule has 2 aliphatic carbocycles. The van der Waals surface area contributed by atoms with Crippen molar-refractivity contribution in [3.8, 4) is 35.1 Å². The maximum Gasteiger partial charge on any atom is 0.310 e. The first kappa shape index (κ1) is 88.3. The third kappa shape index (κ3) is 20.3. The summed E-state index contributed by atoms with van der Waals surface area (Å²) in [6.45, 7) is 26.5. The van der Waals surface area contributed by atoms with Crippen molar-refractivity contribution in [1.82, 2.24) is 45.9 Å². The summed E-state index contributed by atoms with van der Waals surface area (Å²) in [7, 11) is 1.29. The van der Waals surface area contributed by atoms with Gasteiger partial charge >= 0.3 is 5.97 Å². The van der Waals surface area contributed by atoms with Gasteiger partial charge in [0.15, 0.2) is 5.78 Å². The van der Waals surface area contributed by atoms with Gasteiger partial charge in [0.05, 0.1) is 65.5 Å². The number of halogens is 2. The summed E-state index contributed by atoms with van der Waals surface area (Å²) in [5, 5.41) is 30.1. The van der Waals surface area contributed by atoms with Crippen LogP contribution in [-0.2, 0) is 46.3 Å². The summed E-state index contributed by atoms with van der Waals surface area (Å²) in [4.78, 5) is 145. The van der Waals surface area contributed by atoms with Crippen LogP contribution >= 0.6 is 23.2 Å². The predicted octanol–water partition coefficient (Wildman–Crippen LogP) is 10.9. The topological polar surface area (TPSA) is 355 Å². The second-order valence-corrected chi connectivity index (χ2v) is 35.1. The standard InChI is InChI=1S/C46H55ClN6O8.C44H50ClN7O7/c1-45(2)43(46(3,4)44(45)61-34-12-9-30(27-48)36(47)26-34)51-42(58)31-10-15-38(49-28-31)53-20-18-52(19-21-53)17-7-6-8-22-60-33-13-14-35(32(23-33)25-40(56)59-5)37(54)24-29-11-16-39(55)50-41(29)57;1-43(2)41(44(3,4)42(43)59-31-10-8-27(25-46)33(45)24-31)49-38(55)28-9-14-35(47-26-28)51-19-17-50(18-20-51)16-6-5-7-21-58-30-11-12-32-29(22-30)23-37(54)52(40(32)57)34-13-15-36(53)48-39(34)56/h9-10,12-15,23,26,28-29,43-44H,6-8,11,16-22,24-25H2,1-5H3,(H,51,58)(H,50,55,57);8-12,14,22,24,26,34,41-42H,5-7,13,15-21,23H2,1-4H3,(H,49,55)(H,48,53,56). The molecule has 0 bridgehead atoms. The van der Waals surface area contributed by atoms with E-state index in [1.807, 2.05) is 24.3 Å². The molecule has 4 aromatic carbocycles. The van der Waals surface area contributed by atoms with Gasteiger partial charge in [0, 0.05) is 147 Å². The molecular formula is C90H105Cl2N13O15. The van der Waals surface area contributed by atoms with Gasteiger partial charge in [-0.05, 0) is 161 Å². The zero-order valence-corrected chi connectivity index (χ0v) is 71.0. The molecule has 0 radical (unpaired) electrons. The third-order valence-electron chi connectivity index (χ3n) is 24.4. The number of aromatic nitrogens is 2. The normalized spacial score (nSPS) is 21.6. The second kappa shape index (κ2) is 38.1. The second-order valence-electron chi connectivity index (χ2n) is 34.3. The average Bonchev–Trinajstić information content (AvgIpc) is 0.711. The lowest BCUT2D eigenvalue weighted by molar-refractivity contribution is -0.164. The maximum absolute atomic E-state index is 13.4. The summed E-state index contributed by atoms with van der Waals surface area (Å²) in [5.74, 6) is -0.505. The number of fused-ring (bicyclic) bond motifs is 1. The Morgan fingerprint density at radius 1 is 0.550 bits per heavy atom. The minimum Gasteiger partial charge on any atom is -0.494 e. The van der Waals surface area contributed by atoms with Crippen molar-refractivity contribution in [2.75, 3.05) is 95.6 Å². The van der Waals surface area contributed by atoms with Gasteiger partial charge in [0.1, 0.15) is 65.0 Å². The van der Waals surface area contributed by atoms with E-state index in [4.69, 9.17) is 46.9 Å². The molecular weight excluding hydrogens is 1570 g/mol. The first-order valence-corrected chi connectivity index (χ1v) is 41.9. The van der Waals surface area contributed by atoms with Crippen LogP contribution in [0.15, 0.2) is 109 Å². The molecule has 120 heavy (non-hydrogen) atoms. The van der Waals surface area contributed by atoms with E-state index >= 15 is 0 Å². The highest BCUT2D eigenvalue weighted by Crippen LogP contribution is 2.57. The van der Waals surface area contributed by atoms with Crippen molar-refractivity contribution < 1.29 is 71.6 Å². The van der Waals surface area contributed by atoms with Crippen LogP contribution in [0.3, 0.4) is 0 Å². The highest BCUT2D eigenvalue weighted by Gasteiger charge is 2.65. The molecule has 4 saturated heterocycles. The van der Waals surface area contributed by atoms with E-state index in [9.17, 15) is 58.5 Å². The van der Waals surface area contributed by atoms with Crippen molar-refractivity contribution >= 4 is 93.8 Å². The van der Waals surface area contributed by atoms with Crippen LogP contribution in [0.25, 0.3) is 0 Å². The summed E-state index contributed by atoms with van der Waals surface area (Å²) >= 11 is 12.5. The molecule has 7 aliphatic rings. The Morgan fingerprint density at radius 3 is 1.47 bits per heavy atom. The van der Waals surface area contributed by atoms with Gasteiger partial charge < -0.3 is 44.1 Å². The van der Waals surface area contributed by atoms with E-state index in [0.717, 1.165) is 121 Å². The minimum atomic E-state index is -0.974. The Bertz CT molecular complexity index is 4920. The van der Waals surface area contributed by atoms with Crippen molar-refractivity contribution in [3.05, 3.63) is 164 Å². The number of unbranched alkanes of at least 4 members (excludes halogenated alkanes) is 4. The highest BCUT2D eigenvalue weighted by atomic mass is 35.5. The molecule has 4 N–H and O–H groups in total. The molecule has 0 spiro atoms. The molecule has 13 rings (SSSR count). The number of esters is 1. The van der Waals surface area contributed by atoms with E-state index in [1.54, 1.807) is 85.2 Å². The van der Waals surface area contributed by atoms with Gasteiger partial charge in [-0.2, -0.15) is 10.5 Å². The van der Waals surface area contributed by atoms with E-state index in [-0.39, 0.29) is 108 Å². The first-order valence-electron chi connectivity index (χ1n) is 41.1. The number of methoxy groups -OCH3 is 1. The Morgan fingerprint density at radius 2 is 1.02 bits per heavy atom. The Kier molecular flexibility index (Phi) is 28.0. The molecule has 30 heteroatoms. The number of amides is 8. The van der Waals surface area contributed by atoms with Gasteiger partial charge in [-0.3, -0.25) is 73.3 Å². The number of piperazine rings is 2. The number of benzene rings is 4. The zero-order chi connectivity index (χ0) is 86.0. The number of piperidine rings is 2. The average molecular weight is 1680 g/mol. The van der Waals surface area contributed by atoms with Crippen LogP contribution in [-0.4, -0.2) is 200 Å². The SMILES string of the molecule is CC1(C)C(NC(=O)c2ccc(N3CCN(CCCCCOc4ccc5c(c4)CC(=O)N(C4CCC(=O)NC4=O)C5=O)CC3)nc2)C(C)(C)C1Oc1ccc(C#N)c(Cl)c1.COC(=O)Cc1cc(OCCCCCN2CCN(c3ccc(C(=O)NC4C(C)(C)C(Oc5ccc(C#N)c(Cl)c5)C4(C)C)cn3)CC2)ccc1C(=O)CC1CCC(=O)NC1=O. The minimum absolute atomic E-state index is 0.0161. The summed E-state index contributed by atoms with van der Waals surface area (Å²) in [5.41, 5.74) is 2.04. The molecule has 6 fully saturated rings. The fourth-order valence-electron chi connectivity index (χ4n) is 18.4. The molecule has 634 valence electrons. The number of ketones is 1. The fraction of sp³-hybridized carbons (Fsp3) is 0.489. The number of carbonyl (C=O) groups is 10. The van der Waals surface area contributed by atoms with Crippen LogP contribution in [0, 0.1) is 50.2 Å². The number of Topliss-reactive ketones (excluding diaryl/α,β-unsaturated/α-hetero) is 1. The number of nitrogens with zero attached hydrogens (tertiary/aromatic N) is 9. The van der Waals surface area contributed by atoms with Gasteiger partial charge in [-0.25, -0.2) is 9.97 Å². The molecule has 2 saturated carbocycles. The largest absolute Gasteiger partial charge is 0.494 e. The molecule has 2 aromatic heterocycles. The van der Waals surface area contributed by atoms with Gasteiger partial charge in [-0.1, -0.05) is 78.6 Å². The van der Waals surface area contributed by atoms with E-state index in [1.165, 1.54) is 7.11 Å². The number of nitrogens with one attached hydrogen (secondary N) is 4. The van der Waals surface area contributed by atoms with Gasteiger partial charge in [0.2, 0.25) is 29.5 Å². The number of carbonyl (C=O) groups excluding carboxylic acids is 10. The van der Waals surface area contributed by atoms with Crippen molar-refractivity contribution in [2.24, 2.45) is 27.6 Å². The monoisotopic (exact) mass is 1680 g/mol. The summed E-state index contributed by atoms with van der Waals surface area (Å²) in [6.07, 6.45) is 9.14. The number of hydrogen-bond donors (Lipinski definition) is 4. The van der Waals surface area contributed by atoms with Crippen molar-refractivity contribution in [2.45, 2.75) is 169 Å². The number of imide groups is 3. The molecule has 6 aromatic rings. The number of ether oxygens (including phenoxy) is 5. The van der Waals surface area contributed by atoms with Gasteiger partial charge in [-0.15, -0.1) is 0 Å². The number of pyridine rings is 2. The van der Waals surface area contributed by atoms with Crippen LogP contribution in [0.4, 0.5) is 11.6 Å². The number of rotatable bonds is 30. The quantitative estimate of drug-likeness (QED) is 0.0141. The Hall–Kier alpha value is -11.0. The highest BCUT2D eigenvalue weighted by molar-refractivity contribution is 6.32. The number of nitriles is 2. The van der Waals surface area contributed by atoms with Crippen LogP contribution in [0.5, 0.6) is 23.0 Å². The predicted molar refractivity (Wildman–Crippen MR) is 448 cm³/mol. The van der Waals surface area contributed by atoms with Crippen molar-refractivity contribution in [3.63, 3.8) is 0 Å². The Labute approximate surface area is 709 Å². The lowest BCUT2D eigenvalue weighted by Gasteiger charge is -2.63. The number of anilines is 2. The van der Waals surface area contributed by atoms with E-state index in [0.29, 0.717) is 97.2 Å². The molecule has 2 unspecified atom stereocenters. The van der Waals surface area contributed by atoms with E-state index < -0.39 is 47.5 Å². The van der Waals surface area contributed by atoms with Crippen LogP contribution in [0.1, 0.15) is 190 Å². The number of hydrogen-bond acceptors (Lipinski definition) is 23. The summed E-state index contributed by atoms with van der Waals surface area (Å²) < 4.78 is 29.5. The summed E-state index contributed by atoms with van der Waals surface area (Å²) in [6, 6.07) is 30.5. The van der Waals surface area contributed by atoms with Crippen LogP contribution in [0.2, 0.25) is 10.0 Å². The zero-order valence-electron chi connectivity index (χ0n) is 69.4. The third-order valence-corrected chi connectivity index (χ3v) is 25.1. The van der Waals surface area contributed by atoms with Crippen LogP contribution < -0.4 is 50.0 Å². The van der Waals surface area contributed by atoms with Gasteiger partial charge in [0.25, 0.3) is 17.7 Å².